The molecule has 2 aromatic rings. The molecule has 2 N–H and O–H groups in total. The summed E-state index contributed by atoms with van der Waals surface area (Å²) in [6.45, 7) is 3.08. The van der Waals surface area contributed by atoms with Gasteiger partial charge in [0.25, 0.3) is 0 Å². The first kappa shape index (κ1) is 23.1. The molecule has 0 radical (unpaired) electrons. The van der Waals surface area contributed by atoms with Crippen molar-refractivity contribution in [3.05, 3.63) is 53.6 Å². The number of guanidine groups is 1. The van der Waals surface area contributed by atoms with Gasteiger partial charge >= 0.3 is 0 Å². The van der Waals surface area contributed by atoms with Crippen LogP contribution < -0.4 is 24.8 Å². The van der Waals surface area contributed by atoms with Crippen LogP contribution in [0.2, 0.25) is 0 Å². The van der Waals surface area contributed by atoms with E-state index in [1.54, 1.807) is 14.2 Å². The van der Waals surface area contributed by atoms with Crippen molar-refractivity contribution in [3.8, 4) is 17.2 Å². The molecule has 0 bridgehead atoms. The van der Waals surface area contributed by atoms with E-state index in [0.29, 0.717) is 6.61 Å². The monoisotopic (exact) mass is 511 g/mol. The van der Waals surface area contributed by atoms with Crippen molar-refractivity contribution in [2.45, 2.75) is 19.3 Å². The largest absolute Gasteiger partial charge is 0.497 e. The van der Waals surface area contributed by atoms with E-state index in [2.05, 4.69) is 33.8 Å². The van der Waals surface area contributed by atoms with Gasteiger partial charge in [0.2, 0.25) is 0 Å². The highest BCUT2D eigenvalue weighted by Gasteiger charge is 2.11. The quantitative estimate of drug-likeness (QED) is 0.234. The van der Waals surface area contributed by atoms with Crippen molar-refractivity contribution in [1.29, 1.82) is 0 Å². The number of fused-ring (bicyclic) bond motifs is 1. The van der Waals surface area contributed by atoms with Gasteiger partial charge in [-0.3, -0.25) is 4.99 Å². The summed E-state index contributed by atoms with van der Waals surface area (Å²) in [5, 5.41) is 6.68. The normalized spacial score (nSPS) is 12.4. The molecule has 7 heteroatoms. The zero-order chi connectivity index (χ0) is 19.6. The number of nitrogens with zero attached hydrogens (tertiary/aromatic N) is 1. The van der Waals surface area contributed by atoms with Crippen LogP contribution in [-0.2, 0) is 12.8 Å². The summed E-state index contributed by atoms with van der Waals surface area (Å²) in [6, 6.07) is 14.1. The minimum absolute atomic E-state index is 0. The zero-order valence-electron chi connectivity index (χ0n) is 17.1. The van der Waals surface area contributed by atoms with Crippen LogP contribution in [0.4, 0.5) is 0 Å². The molecule has 0 saturated carbocycles. The van der Waals surface area contributed by atoms with Gasteiger partial charge in [-0.05, 0) is 54.3 Å². The first-order chi connectivity index (χ1) is 13.8. The Morgan fingerprint density at radius 2 is 1.83 bits per heavy atom. The molecule has 158 valence electrons. The zero-order valence-corrected chi connectivity index (χ0v) is 19.4. The predicted octanol–water partition coefficient (Wildman–Crippen LogP) is 3.42. The molecular formula is C22H30IN3O3. The van der Waals surface area contributed by atoms with Crippen LogP contribution in [-0.4, -0.2) is 46.4 Å². The predicted molar refractivity (Wildman–Crippen MR) is 127 cm³/mol. The fraction of sp³-hybridized carbons (Fsp3) is 0.409. The average Bonchev–Trinajstić information content (AvgIpc) is 3.20. The van der Waals surface area contributed by atoms with Gasteiger partial charge in [-0.15, -0.1) is 24.0 Å². The molecule has 0 fully saturated rings. The Morgan fingerprint density at radius 3 is 2.59 bits per heavy atom. The number of methoxy groups -OCH3 is 1. The fourth-order valence-corrected chi connectivity index (χ4v) is 3.08. The van der Waals surface area contributed by atoms with Crippen molar-refractivity contribution in [3.63, 3.8) is 0 Å². The van der Waals surface area contributed by atoms with E-state index in [1.165, 1.54) is 11.1 Å². The molecular weight excluding hydrogens is 481 g/mol. The third kappa shape index (κ3) is 7.30. The number of aliphatic imine (C=N–C) groups is 1. The Bertz CT molecular complexity index is 781. The highest BCUT2D eigenvalue weighted by atomic mass is 127. The van der Waals surface area contributed by atoms with E-state index >= 15 is 0 Å². The molecule has 29 heavy (non-hydrogen) atoms. The van der Waals surface area contributed by atoms with E-state index in [0.717, 1.165) is 62.2 Å². The Morgan fingerprint density at radius 1 is 1.07 bits per heavy atom. The summed E-state index contributed by atoms with van der Waals surface area (Å²) >= 11 is 0. The van der Waals surface area contributed by atoms with Crippen molar-refractivity contribution in [1.82, 2.24) is 10.6 Å². The molecule has 1 aliphatic heterocycles. The lowest BCUT2D eigenvalue weighted by atomic mass is 10.1. The number of hydrogen-bond donors (Lipinski definition) is 2. The van der Waals surface area contributed by atoms with E-state index < -0.39 is 0 Å². The maximum atomic E-state index is 5.73. The average molecular weight is 511 g/mol. The van der Waals surface area contributed by atoms with Crippen LogP contribution in [0.5, 0.6) is 17.2 Å². The minimum Gasteiger partial charge on any atom is -0.497 e. The summed E-state index contributed by atoms with van der Waals surface area (Å²) in [5.41, 5.74) is 2.64. The van der Waals surface area contributed by atoms with Crippen LogP contribution in [0.25, 0.3) is 0 Å². The highest BCUT2D eigenvalue weighted by molar-refractivity contribution is 14.0. The van der Waals surface area contributed by atoms with Gasteiger partial charge < -0.3 is 24.8 Å². The number of ether oxygens (including phenoxy) is 3. The molecule has 0 aliphatic carbocycles. The summed E-state index contributed by atoms with van der Waals surface area (Å²) in [5.74, 6) is 3.53. The van der Waals surface area contributed by atoms with Gasteiger partial charge in [0.1, 0.15) is 17.2 Å². The third-order valence-corrected chi connectivity index (χ3v) is 4.63. The summed E-state index contributed by atoms with van der Waals surface area (Å²) in [4.78, 5) is 4.27. The third-order valence-electron chi connectivity index (χ3n) is 4.63. The second-order valence-corrected chi connectivity index (χ2v) is 6.59. The van der Waals surface area contributed by atoms with Crippen LogP contribution in [0.1, 0.15) is 17.5 Å². The summed E-state index contributed by atoms with van der Waals surface area (Å²) < 4.78 is 16.4. The molecule has 0 aromatic heterocycles. The standard InChI is InChI=1S/C22H29N3O3.HI/c1-23-22(24-12-3-14-27-20-7-5-19(26-2)6-8-20)25-13-10-17-4-9-21-18(16-17)11-15-28-21;/h4-9,16H,3,10-15H2,1-2H3,(H2,23,24,25);1H. The highest BCUT2D eigenvalue weighted by Crippen LogP contribution is 2.25. The molecule has 1 aliphatic rings. The first-order valence-electron chi connectivity index (χ1n) is 9.74. The Labute approximate surface area is 190 Å². The lowest BCUT2D eigenvalue weighted by molar-refractivity contribution is 0.310. The molecule has 0 atom stereocenters. The summed E-state index contributed by atoms with van der Waals surface area (Å²) in [6.07, 6.45) is 2.85. The van der Waals surface area contributed by atoms with Crippen molar-refractivity contribution < 1.29 is 14.2 Å². The second kappa shape index (κ2) is 12.4. The SMILES string of the molecule is CN=C(NCCCOc1ccc(OC)cc1)NCCc1ccc2c(c1)CCO2.I. The first-order valence-corrected chi connectivity index (χ1v) is 9.74. The molecule has 0 saturated heterocycles. The maximum Gasteiger partial charge on any atom is 0.190 e. The van der Waals surface area contributed by atoms with Gasteiger partial charge in [-0.1, -0.05) is 12.1 Å². The van der Waals surface area contributed by atoms with Crippen molar-refractivity contribution in [2.75, 3.05) is 40.5 Å². The van der Waals surface area contributed by atoms with E-state index in [9.17, 15) is 0 Å². The molecule has 3 rings (SSSR count). The van der Waals surface area contributed by atoms with Crippen LogP contribution in [0.3, 0.4) is 0 Å². The smallest absolute Gasteiger partial charge is 0.190 e. The van der Waals surface area contributed by atoms with Crippen LogP contribution in [0, 0.1) is 0 Å². The van der Waals surface area contributed by atoms with Crippen LogP contribution >= 0.6 is 24.0 Å². The van der Waals surface area contributed by atoms with Gasteiger partial charge in [0, 0.05) is 26.6 Å². The number of halogens is 1. The van der Waals surface area contributed by atoms with Gasteiger partial charge in [-0.2, -0.15) is 0 Å². The number of rotatable bonds is 9. The van der Waals surface area contributed by atoms with Gasteiger partial charge in [0.05, 0.1) is 20.3 Å². The molecule has 0 spiro atoms. The number of nitrogens with one attached hydrogen (secondary N) is 2. The fourth-order valence-electron chi connectivity index (χ4n) is 3.08. The van der Waals surface area contributed by atoms with E-state index in [1.807, 2.05) is 24.3 Å². The van der Waals surface area contributed by atoms with Gasteiger partial charge in [-0.25, -0.2) is 0 Å². The van der Waals surface area contributed by atoms with Crippen molar-refractivity contribution in [2.24, 2.45) is 4.99 Å². The summed E-state index contributed by atoms with van der Waals surface area (Å²) in [7, 11) is 3.44. The molecule has 0 amide bonds. The molecule has 6 nitrogen and oxygen atoms in total. The van der Waals surface area contributed by atoms with Crippen LogP contribution in [0.15, 0.2) is 47.5 Å². The molecule has 0 unspecified atom stereocenters. The Kier molecular flexibility index (Phi) is 9.90. The topological polar surface area (TPSA) is 64.1 Å². The second-order valence-electron chi connectivity index (χ2n) is 6.59. The Hall–Kier alpha value is -2.16. The number of hydrogen-bond acceptors (Lipinski definition) is 4. The maximum absolute atomic E-state index is 5.73. The molecule has 2 aromatic carbocycles. The molecule has 1 heterocycles. The van der Waals surface area contributed by atoms with E-state index in [4.69, 9.17) is 14.2 Å². The van der Waals surface area contributed by atoms with Crippen molar-refractivity contribution >= 4 is 29.9 Å². The lowest BCUT2D eigenvalue weighted by Crippen LogP contribution is -2.39. The Balaban J connectivity index is 0.00000300. The van der Waals surface area contributed by atoms with E-state index in [-0.39, 0.29) is 24.0 Å². The lowest BCUT2D eigenvalue weighted by Gasteiger charge is -2.12. The minimum atomic E-state index is 0. The number of benzene rings is 2. The van der Waals surface area contributed by atoms with Gasteiger partial charge in [0.15, 0.2) is 5.96 Å².